The van der Waals surface area contributed by atoms with Gasteiger partial charge in [-0.1, -0.05) is 0 Å². The quantitative estimate of drug-likeness (QED) is 0.728. The van der Waals surface area contributed by atoms with Crippen LogP contribution in [0.15, 0.2) is 0 Å². The van der Waals surface area contributed by atoms with Crippen molar-refractivity contribution >= 4 is 24.8 Å². The molecule has 0 aromatic rings. The third-order valence-corrected chi connectivity index (χ3v) is 2.06. The van der Waals surface area contributed by atoms with Gasteiger partial charge in [-0.05, 0) is 27.3 Å². The highest BCUT2D eigenvalue weighted by atomic mass is 35.5. The van der Waals surface area contributed by atoms with Crippen LogP contribution in [0.3, 0.4) is 0 Å². The molecular formula is C7H18Cl2N2. The van der Waals surface area contributed by atoms with Crippen molar-refractivity contribution in [2.24, 2.45) is 0 Å². The normalized spacial score (nSPS) is 23.5. The van der Waals surface area contributed by atoms with E-state index in [1.165, 1.54) is 13.0 Å². The Hall–Kier alpha value is 0.500. The van der Waals surface area contributed by atoms with Gasteiger partial charge in [-0.15, -0.1) is 24.8 Å². The van der Waals surface area contributed by atoms with Gasteiger partial charge in [-0.25, -0.2) is 0 Å². The van der Waals surface area contributed by atoms with Crippen LogP contribution < -0.4 is 5.32 Å². The lowest BCUT2D eigenvalue weighted by molar-refractivity contribution is 0.0389. The minimum Gasteiger partial charge on any atom is -0.305 e. The van der Waals surface area contributed by atoms with Crippen LogP contribution in [-0.2, 0) is 0 Å². The molecule has 1 rings (SSSR count). The summed E-state index contributed by atoms with van der Waals surface area (Å²) in [5.74, 6) is 0. The van der Waals surface area contributed by atoms with Crippen LogP contribution in [0.25, 0.3) is 0 Å². The summed E-state index contributed by atoms with van der Waals surface area (Å²) in [6.07, 6.45) is 1.97. The minimum absolute atomic E-state index is 0. The molecule has 1 fully saturated rings. The Morgan fingerprint density at radius 1 is 1.36 bits per heavy atom. The maximum Gasteiger partial charge on any atom is 0.0609 e. The van der Waals surface area contributed by atoms with Gasteiger partial charge in [-0.3, -0.25) is 4.90 Å². The van der Waals surface area contributed by atoms with Crippen LogP contribution in [0.1, 0.15) is 20.3 Å². The van der Waals surface area contributed by atoms with Crippen molar-refractivity contribution in [2.45, 2.75) is 32.5 Å². The van der Waals surface area contributed by atoms with Gasteiger partial charge in [0.15, 0.2) is 0 Å². The molecule has 0 aliphatic carbocycles. The maximum absolute atomic E-state index is 3.26. The molecule has 0 bridgehead atoms. The van der Waals surface area contributed by atoms with Crippen LogP contribution in [0.5, 0.6) is 0 Å². The first-order chi connectivity index (χ1) is 4.25. The highest BCUT2D eigenvalue weighted by Gasteiger charge is 2.27. The van der Waals surface area contributed by atoms with Gasteiger partial charge < -0.3 is 5.32 Å². The predicted molar refractivity (Wildman–Crippen MR) is 53.8 cm³/mol. The van der Waals surface area contributed by atoms with E-state index in [-0.39, 0.29) is 24.8 Å². The van der Waals surface area contributed by atoms with E-state index in [1.807, 2.05) is 7.05 Å². The van der Waals surface area contributed by atoms with Gasteiger partial charge in [0.1, 0.15) is 0 Å². The fraction of sp³-hybridized carbons (Fsp3) is 1.00. The van der Waals surface area contributed by atoms with Gasteiger partial charge in [0.05, 0.1) is 6.17 Å². The molecule has 0 radical (unpaired) electrons. The third-order valence-electron chi connectivity index (χ3n) is 2.06. The molecule has 11 heavy (non-hydrogen) atoms. The number of nitrogens with one attached hydrogen (secondary N) is 1. The van der Waals surface area contributed by atoms with E-state index in [2.05, 4.69) is 24.1 Å². The Kier molecular flexibility index (Phi) is 7.75. The molecule has 2 nitrogen and oxygen atoms in total. The van der Waals surface area contributed by atoms with Crippen molar-refractivity contribution in [1.82, 2.24) is 10.2 Å². The van der Waals surface area contributed by atoms with Crippen LogP contribution in [-0.4, -0.2) is 30.7 Å². The fourth-order valence-electron chi connectivity index (χ4n) is 1.34. The van der Waals surface area contributed by atoms with Gasteiger partial charge >= 0.3 is 0 Å². The number of likely N-dealkylation sites (tertiary alicyclic amines) is 1. The SMILES string of the molecule is CNC1CCN1C(C)C.Cl.Cl. The zero-order valence-corrected chi connectivity index (χ0v) is 8.97. The molecule has 0 aromatic carbocycles. The van der Waals surface area contributed by atoms with Crippen molar-refractivity contribution in [3.63, 3.8) is 0 Å². The molecule has 1 saturated heterocycles. The summed E-state index contributed by atoms with van der Waals surface area (Å²) in [6, 6.07) is 0.705. The van der Waals surface area contributed by atoms with Crippen molar-refractivity contribution in [2.75, 3.05) is 13.6 Å². The molecule has 4 heteroatoms. The lowest BCUT2D eigenvalue weighted by Gasteiger charge is -2.43. The second-order valence-electron chi connectivity index (χ2n) is 2.92. The summed E-state index contributed by atoms with van der Waals surface area (Å²) in [4.78, 5) is 2.46. The molecule has 1 N–H and O–H groups in total. The third kappa shape index (κ3) is 3.16. The Morgan fingerprint density at radius 2 is 1.91 bits per heavy atom. The first-order valence-corrected chi connectivity index (χ1v) is 3.68. The summed E-state index contributed by atoms with van der Waals surface area (Å²) in [6.45, 7) is 5.75. The molecule has 0 saturated carbocycles. The predicted octanol–water partition coefficient (Wildman–Crippen LogP) is 1.49. The number of rotatable bonds is 2. The van der Waals surface area contributed by atoms with Gasteiger partial charge in [-0.2, -0.15) is 0 Å². The second kappa shape index (κ2) is 6.06. The molecule has 1 aliphatic rings. The van der Waals surface area contributed by atoms with Gasteiger partial charge in [0, 0.05) is 12.6 Å². The van der Waals surface area contributed by atoms with E-state index in [0.717, 1.165) is 0 Å². The highest BCUT2D eigenvalue weighted by molar-refractivity contribution is 5.85. The lowest BCUT2D eigenvalue weighted by atomic mass is 10.1. The molecule has 1 heterocycles. The highest BCUT2D eigenvalue weighted by Crippen LogP contribution is 2.16. The number of nitrogens with zero attached hydrogens (tertiary/aromatic N) is 1. The van der Waals surface area contributed by atoms with Crippen LogP contribution in [0.2, 0.25) is 0 Å². The summed E-state index contributed by atoms with van der Waals surface area (Å²) in [5, 5.41) is 3.26. The van der Waals surface area contributed by atoms with E-state index < -0.39 is 0 Å². The second-order valence-corrected chi connectivity index (χ2v) is 2.92. The maximum atomic E-state index is 3.26. The number of halogens is 2. The molecular weight excluding hydrogens is 183 g/mol. The zero-order valence-electron chi connectivity index (χ0n) is 7.33. The zero-order chi connectivity index (χ0) is 6.85. The van der Waals surface area contributed by atoms with E-state index in [0.29, 0.717) is 12.2 Å². The van der Waals surface area contributed by atoms with Gasteiger partial charge in [0.25, 0.3) is 0 Å². The Balaban J connectivity index is 0. The van der Waals surface area contributed by atoms with E-state index in [4.69, 9.17) is 0 Å². The van der Waals surface area contributed by atoms with E-state index in [9.17, 15) is 0 Å². The molecule has 1 atom stereocenters. The molecule has 1 aliphatic heterocycles. The molecule has 70 valence electrons. The summed E-state index contributed by atoms with van der Waals surface area (Å²) >= 11 is 0. The van der Waals surface area contributed by atoms with Crippen molar-refractivity contribution in [1.29, 1.82) is 0 Å². The van der Waals surface area contributed by atoms with Crippen molar-refractivity contribution in [3.8, 4) is 0 Å². The first-order valence-electron chi connectivity index (χ1n) is 3.68. The summed E-state index contributed by atoms with van der Waals surface area (Å²) < 4.78 is 0. The van der Waals surface area contributed by atoms with Crippen LogP contribution >= 0.6 is 24.8 Å². The summed E-state index contributed by atoms with van der Waals surface area (Å²) in [7, 11) is 2.03. The monoisotopic (exact) mass is 200 g/mol. The first kappa shape index (κ1) is 14.0. The molecule has 0 aromatic heterocycles. The van der Waals surface area contributed by atoms with Crippen LogP contribution in [0, 0.1) is 0 Å². The Morgan fingerprint density at radius 3 is 2.00 bits per heavy atom. The molecule has 0 spiro atoms. The smallest absolute Gasteiger partial charge is 0.0609 e. The van der Waals surface area contributed by atoms with E-state index in [1.54, 1.807) is 0 Å². The Labute approximate surface area is 81.5 Å². The minimum atomic E-state index is 0. The average Bonchev–Trinajstić information content (AvgIpc) is 1.61. The van der Waals surface area contributed by atoms with Crippen LogP contribution in [0.4, 0.5) is 0 Å². The topological polar surface area (TPSA) is 15.3 Å². The van der Waals surface area contributed by atoms with Gasteiger partial charge in [0.2, 0.25) is 0 Å². The standard InChI is InChI=1S/C7H16N2.2ClH/c1-6(2)9-5-4-7(9)8-3;;/h6-8H,4-5H2,1-3H3;2*1H. The van der Waals surface area contributed by atoms with E-state index >= 15 is 0 Å². The molecule has 1 unspecified atom stereocenters. The average molecular weight is 201 g/mol. The fourth-order valence-corrected chi connectivity index (χ4v) is 1.34. The number of hydrogen-bond acceptors (Lipinski definition) is 2. The number of hydrogen-bond donors (Lipinski definition) is 1. The lowest BCUT2D eigenvalue weighted by Crippen LogP contribution is -2.57. The van der Waals surface area contributed by atoms with Crippen molar-refractivity contribution in [3.05, 3.63) is 0 Å². The molecule has 0 amide bonds. The van der Waals surface area contributed by atoms with Crippen molar-refractivity contribution < 1.29 is 0 Å². The largest absolute Gasteiger partial charge is 0.305 e. The summed E-state index contributed by atoms with van der Waals surface area (Å²) in [5.41, 5.74) is 0. The Bertz CT molecular complexity index is 96.4.